The van der Waals surface area contributed by atoms with E-state index in [1.807, 2.05) is 25.4 Å². The van der Waals surface area contributed by atoms with E-state index in [0.29, 0.717) is 6.04 Å². The van der Waals surface area contributed by atoms with Gasteiger partial charge in [0.15, 0.2) is 0 Å². The van der Waals surface area contributed by atoms with Gasteiger partial charge >= 0.3 is 0 Å². The van der Waals surface area contributed by atoms with Gasteiger partial charge in [-0.2, -0.15) is 0 Å². The average Bonchev–Trinajstić information content (AvgIpc) is 2.56. The Morgan fingerprint density at radius 2 is 1.81 bits per heavy atom. The fourth-order valence-corrected chi connectivity index (χ4v) is 3.48. The maximum absolute atomic E-state index is 4.38. The number of pyridine rings is 1. The van der Waals surface area contributed by atoms with E-state index in [1.54, 1.807) is 11.8 Å². The van der Waals surface area contributed by atoms with Gasteiger partial charge in [0.1, 0.15) is 0 Å². The predicted molar refractivity (Wildman–Crippen MR) is 90.7 cm³/mol. The minimum absolute atomic E-state index is 0.308. The molecule has 2 aromatic carbocycles. The van der Waals surface area contributed by atoms with Gasteiger partial charge in [-0.15, -0.1) is 11.8 Å². The van der Waals surface area contributed by atoms with Gasteiger partial charge < -0.3 is 5.32 Å². The molecule has 3 aromatic rings. The van der Waals surface area contributed by atoms with E-state index >= 15 is 0 Å². The summed E-state index contributed by atoms with van der Waals surface area (Å²) in [7, 11) is 2.02. The van der Waals surface area contributed by atoms with Crippen LogP contribution in [0.15, 0.2) is 71.9 Å². The number of fused-ring (bicyclic) bond motifs is 1. The molecule has 1 atom stereocenters. The summed E-state index contributed by atoms with van der Waals surface area (Å²) in [5, 5.41) is 7.11. The molecule has 1 aromatic heterocycles. The van der Waals surface area contributed by atoms with Crippen molar-refractivity contribution in [1.29, 1.82) is 0 Å². The number of aromatic nitrogens is 1. The topological polar surface area (TPSA) is 24.9 Å². The first-order valence-electron chi connectivity index (χ1n) is 7.07. The quantitative estimate of drug-likeness (QED) is 0.711. The molecule has 1 heterocycles. The Labute approximate surface area is 129 Å². The van der Waals surface area contributed by atoms with E-state index in [2.05, 4.69) is 58.8 Å². The highest BCUT2D eigenvalue weighted by Crippen LogP contribution is 2.28. The molecule has 3 heteroatoms. The smallest absolute Gasteiger partial charge is 0.0960 e. The predicted octanol–water partition coefficient (Wildman–Crippen LogP) is 4.29. The van der Waals surface area contributed by atoms with Crippen molar-refractivity contribution in [3.63, 3.8) is 0 Å². The van der Waals surface area contributed by atoms with Gasteiger partial charge in [-0.3, -0.25) is 0 Å². The monoisotopic (exact) mass is 294 g/mol. The molecule has 3 rings (SSSR count). The molecule has 0 saturated heterocycles. The van der Waals surface area contributed by atoms with Crippen molar-refractivity contribution in [1.82, 2.24) is 10.3 Å². The largest absolute Gasteiger partial charge is 0.312 e. The van der Waals surface area contributed by atoms with Crippen LogP contribution in [0.1, 0.15) is 11.6 Å². The molecule has 0 fully saturated rings. The third kappa shape index (κ3) is 3.26. The molecule has 0 aliphatic heterocycles. The molecule has 1 N–H and O–H groups in total. The van der Waals surface area contributed by atoms with E-state index in [0.717, 1.165) is 10.8 Å². The molecule has 21 heavy (non-hydrogen) atoms. The van der Waals surface area contributed by atoms with Crippen LogP contribution in [0.5, 0.6) is 0 Å². The van der Waals surface area contributed by atoms with Crippen LogP contribution in [0, 0.1) is 0 Å². The number of thioether (sulfide) groups is 1. The van der Waals surface area contributed by atoms with Crippen molar-refractivity contribution in [2.24, 2.45) is 0 Å². The molecule has 0 radical (unpaired) electrons. The van der Waals surface area contributed by atoms with Crippen LogP contribution in [0.25, 0.3) is 10.8 Å². The molecule has 0 spiro atoms. The second kappa shape index (κ2) is 6.74. The zero-order valence-corrected chi connectivity index (χ0v) is 12.8. The number of hydrogen-bond donors (Lipinski definition) is 1. The number of nitrogens with zero attached hydrogens (tertiary/aromatic N) is 1. The fourth-order valence-electron chi connectivity index (χ4n) is 2.48. The lowest BCUT2D eigenvalue weighted by atomic mass is 10.00. The van der Waals surface area contributed by atoms with Crippen molar-refractivity contribution in [2.45, 2.75) is 11.1 Å². The minimum atomic E-state index is 0.308. The Hall–Kier alpha value is -1.84. The lowest BCUT2D eigenvalue weighted by Crippen LogP contribution is -2.19. The van der Waals surface area contributed by atoms with E-state index in [1.165, 1.54) is 16.3 Å². The van der Waals surface area contributed by atoms with E-state index in [9.17, 15) is 0 Å². The van der Waals surface area contributed by atoms with Gasteiger partial charge in [-0.1, -0.05) is 48.5 Å². The SMILES string of the molecule is CNC(CSc1ccccn1)c1cccc2ccccc12. The highest BCUT2D eigenvalue weighted by molar-refractivity contribution is 7.99. The van der Waals surface area contributed by atoms with Crippen LogP contribution >= 0.6 is 11.8 Å². The molecule has 2 nitrogen and oxygen atoms in total. The number of benzene rings is 2. The Kier molecular flexibility index (Phi) is 4.53. The fraction of sp³-hybridized carbons (Fsp3) is 0.167. The van der Waals surface area contributed by atoms with E-state index < -0.39 is 0 Å². The van der Waals surface area contributed by atoms with Gasteiger partial charge in [0.2, 0.25) is 0 Å². The Balaban J connectivity index is 1.85. The second-order valence-electron chi connectivity index (χ2n) is 4.89. The maximum Gasteiger partial charge on any atom is 0.0960 e. The highest BCUT2D eigenvalue weighted by Gasteiger charge is 2.12. The van der Waals surface area contributed by atoms with Crippen LogP contribution in [0.3, 0.4) is 0 Å². The van der Waals surface area contributed by atoms with Crippen molar-refractivity contribution in [3.8, 4) is 0 Å². The zero-order chi connectivity index (χ0) is 14.5. The van der Waals surface area contributed by atoms with Gasteiger partial charge in [-0.25, -0.2) is 4.98 Å². The van der Waals surface area contributed by atoms with Crippen molar-refractivity contribution >= 4 is 22.5 Å². The van der Waals surface area contributed by atoms with Crippen LogP contribution in [0.2, 0.25) is 0 Å². The molecule has 1 unspecified atom stereocenters. The Morgan fingerprint density at radius 1 is 1.00 bits per heavy atom. The summed E-state index contributed by atoms with van der Waals surface area (Å²) < 4.78 is 0. The highest BCUT2D eigenvalue weighted by atomic mass is 32.2. The maximum atomic E-state index is 4.38. The van der Waals surface area contributed by atoms with Crippen LogP contribution in [0.4, 0.5) is 0 Å². The molecule has 0 aliphatic carbocycles. The summed E-state index contributed by atoms with van der Waals surface area (Å²) in [6.07, 6.45) is 1.84. The molecule has 0 bridgehead atoms. The number of hydrogen-bond acceptors (Lipinski definition) is 3. The second-order valence-corrected chi connectivity index (χ2v) is 5.93. The third-order valence-electron chi connectivity index (χ3n) is 3.58. The summed E-state index contributed by atoms with van der Waals surface area (Å²) in [5.41, 5.74) is 1.35. The van der Waals surface area contributed by atoms with E-state index in [-0.39, 0.29) is 0 Å². The summed E-state index contributed by atoms with van der Waals surface area (Å²) in [6.45, 7) is 0. The van der Waals surface area contributed by atoms with Crippen molar-refractivity contribution in [2.75, 3.05) is 12.8 Å². The summed E-state index contributed by atoms with van der Waals surface area (Å²) in [6, 6.07) is 21.4. The standard InChI is InChI=1S/C18H18N2S/c1-19-17(13-21-18-11-4-5-12-20-18)16-10-6-8-14-7-2-3-9-15(14)16/h2-12,17,19H,13H2,1H3. The molecule has 106 valence electrons. The molecular formula is C18H18N2S. The average molecular weight is 294 g/mol. The van der Waals surface area contributed by atoms with Gasteiger partial charge in [0.25, 0.3) is 0 Å². The lowest BCUT2D eigenvalue weighted by molar-refractivity contribution is 0.666. The first-order valence-corrected chi connectivity index (χ1v) is 8.06. The third-order valence-corrected chi connectivity index (χ3v) is 4.62. The number of rotatable bonds is 5. The first-order chi connectivity index (χ1) is 10.4. The minimum Gasteiger partial charge on any atom is -0.312 e. The molecule has 0 amide bonds. The zero-order valence-electron chi connectivity index (χ0n) is 12.0. The van der Waals surface area contributed by atoms with Crippen LogP contribution in [-0.4, -0.2) is 17.8 Å². The van der Waals surface area contributed by atoms with Crippen molar-refractivity contribution in [3.05, 3.63) is 72.4 Å². The number of nitrogens with one attached hydrogen (secondary N) is 1. The van der Waals surface area contributed by atoms with Crippen LogP contribution < -0.4 is 5.32 Å². The van der Waals surface area contributed by atoms with E-state index in [4.69, 9.17) is 0 Å². The van der Waals surface area contributed by atoms with Crippen molar-refractivity contribution < 1.29 is 0 Å². The normalized spacial score (nSPS) is 12.4. The molecule has 0 saturated carbocycles. The molecular weight excluding hydrogens is 276 g/mol. The van der Waals surface area contributed by atoms with Gasteiger partial charge in [0, 0.05) is 18.0 Å². The summed E-state index contributed by atoms with van der Waals surface area (Å²) >= 11 is 1.78. The summed E-state index contributed by atoms with van der Waals surface area (Å²) in [5.74, 6) is 0.960. The van der Waals surface area contributed by atoms with Gasteiger partial charge in [-0.05, 0) is 35.5 Å². The Morgan fingerprint density at radius 3 is 2.62 bits per heavy atom. The summed E-state index contributed by atoms with van der Waals surface area (Å²) in [4.78, 5) is 4.38. The first kappa shape index (κ1) is 14.1. The molecule has 0 aliphatic rings. The lowest BCUT2D eigenvalue weighted by Gasteiger charge is -2.18. The van der Waals surface area contributed by atoms with Gasteiger partial charge in [0.05, 0.1) is 5.03 Å². The Bertz CT molecular complexity index is 707. The van der Waals surface area contributed by atoms with Crippen LogP contribution in [-0.2, 0) is 0 Å².